The summed E-state index contributed by atoms with van der Waals surface area (Å²) in [6.07, 6.45) is 0.277. The van der Waals surface area contributed by atoms with E-state index >= 15 is 0 Å². The van der Waals surface area contributed by atoms with Gasteiger partial charge in [-0.15, -0.1) is 0 Å². The first-order valence-corrected chi connectivity index (χ1v) is 9.15. The Labute approximate surface area is 165 Å². The summed E-state index contributed by atoms with van der Waals surface area (Å²) in [4.78, 5) is 24.3. The molecule has 0 radical (unpaired) electrons. The minimum Gasteiger partial charge on any atom is -0.326 e. The molecule has 3 aromatic rings. The number of para-hydroxylation sites is 1. The van der Waals surface area contributed by atoms with E-state index in [1.54, 1.807) is 36.4 Å². The first kappa shape index (κ1) is 18.7. The van der Waals surface area contributed by atoms with Crippen LogP contribution < -0.4 is 16.0 Å². The molecule has 0 aliphatic rings. The fourth-order valence-corrected chi connectivity index (χ4v) is 2.75. The van der Waals surface area contributed by atoms with E-state index in [0.717, 1.165) is 10.0 Å². The normalized spacial score (nSPS) is 10.1. The molecule has 0 aliphatic heterocycles. The number of urea groups is 1. The van der Waals surface area contributed by atoms with Crippen LogP contribution >= 0.6 is 15.9 Å². The molecule has 0 unspecified atom stereocenters. The average molecular weight is 424 g/mol. The molecule has 27 heavy (non-hydrogen) atoms. The summed E-state index contributed by atoms with van der Waals surface area (Å²) in [7, 11) is 0. The number of anilines is 3. The number of hydrogen-bond acceptors (Lipinski definition) is 2. The molecule has 0 saturated carbocycles. The summed E-state index contributed by atoms with van der Waals surface area (Å²) in [5.74, 6) is -0.122. The Balaban J connectivity index is 1.57. The van der Waals surface area contributed by atoms with E-state index in [1.165, 1.54) is 0 Å². The largest absolute Gasteiger partial charge is 0.326 e. The molecule has 0 aliphatic carbocycles. The Morgan fingerprint density at radius 2 is 1.30 bits per heavy atom. The summed E-state index contributed by atoms with van der Waals surface area (Å²) >= 11 is 3.37. The molecule has 0 fully saturated rings. The quantitative estimate of drug-likeness (QED) is 0.522. The lowest BCUT2D eigenvalue weighted by Gasteiger charge is -2.10. The number of nitrogens with one attached hydrogen (secondary N) is 3. The summed E-state index contributed by atoms with van der Waals surface area (Å²) in [5, 5.41) is 8.35. The Morgan fingerprint density at radius 3 is 2.00 bits per heavy atom. The maximum absolute atomic E-state index is 12.2. The summed E-state index contributed by atoms with van der Waals surface area (Å²) < 4.78 is 0.971. The molecule has 3 aromatic carbocycles. The van der Waals surface area contributed by atoms with Gasteiger partial charge in [0.2, 0.25) is 5.91 Å². The third-order valence-corrected chi connectivity index (χ3v) is 4.24. The van der Waals surface area contributed by atoms with Crippen LogP contribution in [-0.4, -0.2) is 11.9 Å². The lowest BCUT2D eigenvalue weighted by atomic mass is 10.1. The van der Waals surface area contributed by atoms with Crippen molar-refractivity contribution in [3.8, 4) is 0 Å². The molecule has 0 atom stereocenters. The van der Waals surface area contributed by atoms with Crippen molar-refractivity contribution in [2.75, 3.05) is 16.0 Å². The van der Waals surface area contributed by atoms with E-state index < -0.39 is 0 Å². The number of benzene rings is 3. The van der Waals surface area contributed by atoms with Crippen LogP contribution in [0.5, 0.6) is 0 Å². The second-order valence-corrected chi connectivity index (χ2v) is 6.79. The van der Waals surface area contributed by atoms with E-state index in [1.807, 2.05) is 42.5 Å². The molecule has 0 saturated heterocycles. The molecule has 3 rings (SSSR count). The summed E-state index contributed by atoms with van der Waals surface area (Å²) in [5.41, 5.74) is 2.83. The van der Waals surface area contributed by atoms with Gasteiger partial charge in [-0.05, 0) is 48.0 Å². The second kappa shape index (κ2) is 9.00. The van der Waals surface area contributed by atoms with Gasteiger partial charge < -0.3 is 16.0 Å². The van der Waals surface area contributed by atoms with Crippen LogP contribution in [0.2, 0.25) is 0 Å². The van der Waals surface area contributed by atoms with Crippen LogP contribution in [0.3, 0.4) is 0 Å². The monoisotopic (exact) mass is 423 g/mol. The minimum absolute atomic E-state index is 0.122. The minimum atomic E-state index is -0.348. The van der Waals surface area contributed by atoms with Crippen molar-refractivity contribution in [2.24, 2.45) is 0 Å². The zero-order chi connectivity index (χ0) is 19.1. The van der Waals surface area contributed by atoms with Crippen LogP contribution in [0.25, 0.3) is 0 Å². The Kier molecular flexibility index (Phi) is 6.22. The molecule has 0 spiro atoms. The van der Waals surface area contributed by atoms with Gasteiger partial charge in [0.15, 0.2) is 0 Å². The summed E-state index contributed by atoms with van der Waals surface area (Å²) in [6, 6.07) is 23.4. The number of rotatable bonds is 5. The first-order valence-electron chi connectivity index (χ1n) is 8.36. The van der Waals surface area contributed by atoms with Crippen molar-refractivity contribution >= 4 is 44.9 Å². The van der Waals surface area contributed by atoms with Gasteiger partial charge in [0.25, 0.3) is 0 Å². The lowest BCUT2D eigenvalue weighted by Crippen LogP contribution is -2.19. The van der Waals surface area contributed by atoms with Crippen molar-refractivity contribution in [1.29, 1.82) is 0 Å². The van der Waals surface area contributed by atoms with Crippen LogP contribution in [0.1, 0.15) is 5.56 Å². The molecule has 0 aromatic heterocycles. The fourth-order valence-electron chi connectivity index (χ4n) is 2.48. The van der Waals surface area contributed by atoms with Crippen molar-refractivity contribution < 1.29 is 9.59 Å². The molecule has 136 valence electrons. The van der Waals surface area contributed by atoms with Gasteiger partial charge in [-0.3, -0.25) is 4.79 Å². The van der Waals surface area contributed by atoms with Crippen LogP contribution in [-0.2, 0) is 11.2 Å². The van der Waals surface area contributed by atoms with Gasteiger partial charge in [-0.1, -0.05) is 52.3 Å². The molecular formula is C21H18BrN3O2. The van der Waals surface area contributed by atoms with E-state index in [-0.39, 0.29) is 18.4 Å². The highest BCUT2D eigenvalue weighted by molar-refractivity contribution is 9.10. The molecule has 0 bridgehead atoms. The Bertz CT molecular complexity index is 928. The number of carbonyl (C=O) groups is 2. The maximum atomic E-state index is 12.2. The third-order valence-electron chi connectivity index (χ3n) is 3.71. The number of hydrogen-bond donors (Lipinski definition) is 3. The van der Waals surface area contributed by atoms with Gasteiger partial charge in [-0.25, -0.2) is 4.79 Å². The second-order valence-electron chi connectivity index (χ2n) is 5.88. The zero-order valence-electron chi connectivity index (χ0n) is 14.4. The van der Waals surface area contributed by atoms with Gasteiger partial charge >= 0.3 is 6.03 Å². The first-order chi connectivity index (χ1) is 13.1. The van der Waals surface area contributed by atoms with Gasteiger partial charge in [-0.2, -0.15) is 0 Å². The lowest BCUT2D eigenvalue weighted by molar-refractivity contribution is -0.115. The van der Waals surface area contributed by atoms with E-state index in [2.05, 4.69) is 31.9 Å². The molecule has 3 N–H and O–H groups in total. The molecule has 3 amide bonds. The standard InChI is InChI=1S/C21H18BrN3O2/c22-16-11-9-15(10-12-16)13-20(26)23-18-7-4-8-19(14-18)25-21(27)24-17-5-2-1-3-6-17/h1-12,14H,13H2,(H,23,26)(H2,24,25,27). The maximum Gasteiger partial charge on any atom is 0.323 e. The predicted molar refractivity (Wildman–Crippen MR) is 112 cm³/mol. The highest BCUT2D eigenvalue weighted by Gasteiger charge is 2.07. The molecule has 6 heteroatoms. The Hall–Kier alpha value is -3.12. The predicted octanol–water partition coefficient (Wildman–Crippen LogP) is 5.27. The van der Waals surface area contributed by atoms with E-state index in [0.29, 0.717) is 17.1 Å². The highest BCUT2D eigenvalue weighted by atomic mass is 79.9. The average Bonchev–Trinajstić information content (AvgIpc) is 2.64. The highest BCUT2D eigenvalue weighted by Crippen LogP contribution is 2.17. The van der Waals surface area contributed by atoms with Crippen molar-refractivity contribution in [3.05, 3.63) is 88.9 Å². The third kappa shape index (κ3) is 5.97. The topological polar surface area (TPSA) is 70.2 Å². The van der Waals surface area contributed by atoms with Gasteiger partial charge in [0.05, 0.1) is 6.42 Å². The van der Waals surface area contributed by atoms with Gasteiger partial charge in [0.1, 0.15) is 0 Å². The van der Waals surface area contributed by atoms with Crippen LogP contribution in [0, 0.1) is 0 Å². The fraction of sp³-hybridized carbons (Fsp3) is 0.0476. The van der Waals surface area contributed by atoms with Crippen molar-refractivity contribution in [2.45, 2.75) is 6.42 Å². The SMILES string of the molecule is O=C(Cc1ccc(Br)cc1)Nc1cccc(NC(=O)Nc2ccccc2)c1. The zero-order valence-corrected chi connectivity index (χ0v) is 16.0. The van der Waals surface area contributed by atoms with E-state index in [4.69, 9.17) is 0 Å². The molecule has 5 nitrogen and oxygen atoms in total. The van der Waals surface area contributed by atoms with Gasteiger partial charge in [0, 0.05) is 21.5 Å². The van der Waals surface area contributed by atoms with Crippen molar-refractivity contribution in [3.63, 3.8) is 0 Å². The smallest absolute Gasteiger partial charge is 0.323 e. The van der Waals surface area contributed by atoms with Crippen LogP contribution in [0.15, 0.2) is 83.3 Å². The Morgan fingerprint density at radius 1 is 0.704 bits per heavy atom. The molecular weight excluding hydrogens is 406 g/mol. The number of halogens is 1. The number of carbonyl (C=O) groups excluding carboxylic acids is 2. The number of amides is 3. The van der Waals surface area contributed by atoms with Crippen molar-refractivity contribution in [1.82, 2.24) is 0 Å². The van der Waals surface area contributed by atoms with Crippen LogP contribution in [0.4, 0.5) is 21.9 Å². The molecule has 0 heterocycles. The van der Waals surface area contributed by atoms with E-state index in [9.17, 15) is 9.59 Å². The summed E-state index contributed by atoms with van der Waals surface area (Å²) in [6.45, 7) is 0.